The van der Waals surface area contributed by atoms with Gasteiger partial charge in [0, 0.05) is 19.1 Å². The zero-order chi connectivity index (χ0) is 13.8. The van der Waals surface area contributed by atoms with Gasteiger partial charge in [-0.25, -0.2) is 0 Å². The zero-order valence-corrected chi connectivity index (χ0v) is 12.5. The fourth-order valence-electron chi connectivity index (χ4n) is 2.58. The van der Waals surface area contributed by atoms with Crippen molar-refractivity contribution in [2.24, 2.45) is 5.92 Å². The Kier molecular flexibility index (Phi) is 5.00. The van der Waals surface area contributed by atoms with Gasteiger partial charge in [-0.15, -0.1) is 0 Å². The van der Waals surface area contributed by atoms with Crippen molar-refractivity contribution in [3.8, 4) is 0 Å². The summed E-state index contributed by atoms with van der Waals surface area (Å²) < 4.78 is 0. The zero-order valence-electron chi connectivity index (χ0n) is 12.5. The van der Waals surface area contributed by atoms with Crippen LogP contribution in [0.3, 0.4) is 0 Å². The molecule has 106 valence electrons. The fraction of sp³-hybridized carbons (Fsp3) is 0.647. The van der Waals surface area contributed by atoms with E-state index in [1.54, 1.807) is 0 Å². The molecule has 0 saturated heterocycles. The molecule has 1 aliphatic rings. The molecule has 0 aromatic heterocycles. The van der Waals surface area contributed by atoms with E-state index >= 15 is 0 Å². The number of rotatable bonds is 7. The van der Waals surface area contributed by atoms with Gasteiger partial charge in [-0.1, -0.05) is 43.7 Å². The molecule has 1 aromatic carbocycles. The lowest BCUT2D eigenvalue weighted by Gasteiger charge is -2.25. The van der Waals surface area contributed by atoms with E-state index in [9.17, 15) is 5.11 Å². The molecule has 0 bridgehead atoms. The predicted molar refractivity (Wildman–Crippen MR) is 80.2 cm³/mol. The van der Waals surface area contributed by atoms with Crippen LogP contribution in [0.1, 0.15) is 50.3 Å². The van der Waals surface area contributed by atoms with Gasteiger partial charge in [0.1, 0.15) is 0 Å². The van der Waals surface area contributed by atoms with Crippen LogP contribution in [0.4, 0.5) is 0 Å². The van der Waals surface area contributed by atoms with E-state index in [1.165, 1.54) is 18.4 Å². The van der Waals surface area contributed by atoms with E-state index in [0.717, 1.165) is 31.1 Å². The van der Waals surface area contributed by atoms with Crippen molar-refractivity contribution < 1.29 is 5.11 Å². The maximum absolute atomic E-state index is 10.3. The Balaban J connectivity index is 1.84. The van der Waals surface area contributed by atoms with Crippen LogP contribution in [-0.4, -0.2) is 29.1 Å². The molecular weight excluding hydrogens is 234 g/mol. The van der Waals surface area contributed by atoms with Crippen LogP contribution in [0.2, 0.25) is 0 Å². The topological polar surface area (TPSA) is 23.5 Å². The maximum Gasteiger partial charge on any atom is 0.0802 e. The van der Waals surface area contributed by atoms with Crippen molar-refractivity contribution >= 4 is 0 Å². The number of aliphatic hydroxyl groups is 1. The Bertz CT molecular complexity index is 381. The summed E-state index contributed by atoms with van der Waals surface area (Å²) in [6.07, 6.45) is 3.20. The first-order chi connectivity index (χ1) is 9.06. The van der Waals surface area contributed by atoms with Gasteiger partial charge in [-0.2, -0.15) is 0 Å². The first kappa shape index (κ1) is 14.5. The predicted octanol–water partition coefficient (Wildman–Crippen LogP) is 3.54. The highest BCUT2D eigenvalue weighted by Gasteiger charge is 2.29. The molecule has 1 unspecified atom stereocenters. The molecule has 1 aromatic rings. The van der Waals surface area contributed by atoms with Crippen LogP contribution in [-0.2, 0) is 0 Å². The molecule has 1 N–H and O–H groups in total. The monoisotopic (exact) mass is 261 g/mol. The van der Waals surface area contributed by atoms with Crippen molar-refractivity contribution in [2.75, 3.05) is 13.1 Å². The number of aliphatic hydroxyl groups excluding tert-OH is 1. The van der Waals surface area contributed by atoms with Gasteiger partial charge in [0.2, 0.25) is 0 Å². The smallest absolute Gasteiger partial charge is 0.0802 e. The second-order valence-electron chi connectivity index (χ2n) is 6.34. The summed E-state index contributed by atoms with van der Waals surface area (Å²) in [6.45, 7) is 8.79. The number of aryl methyl sites for hydroxylation is 1. The van der Waals surface area contributed by atoms with E-state index in [-0.39, 0.29) is 6.10 Å². The highest BCUT2D eigenvalue weighted by atomic mass is 16.3. The molecule has 0 radical (unpaired) electrons. The summed E-state index contributed by atoms with van der Waals surface area (Å²) in [5, 5.41) is 10.3. The Morgan fingerprint density at radius 3 is 2.37 bits per heavy atom. The summed E-state index contributed by atoms with van der Waals surface area (Å²) in [5.74, 6) is 0.706. The van der Waals surface area contributed by atoms with Gasteiger partial charge >= 0.3 is 0 Å². The van der Waals surface area contributed by atoms with Gasteiger partial charge in [0.15, 0.2) is 0 Å². The molecule has 2 heteroatoms. The Morgan fingerprint density at radius 2 is 1.84 bits per heavy atom. The number of hydrogen-bond donors (Lipinski definition) is 1. The maximum atomic E-state index is 10.3. The van der Waals surface area contributed by atoms with E-state index in [2.05, 4.69) is 37.8 Å². The van der Waals surface area contributed by atoms with Crippen LogP contribution >= 0.6 is 0 Å². The van der Waals surface area contributed by atoms with Crippen molar-refractivity contribution in [2.45, 2.75) is 52.2 Å². The molecule has 1 atom stereocenters. The van der Waals surface area contributed by atoms with Gasteiger partial charge in [-0.05, 0) is 37.7 Å². The fourth-order valence-corrected chi connectivity index (χ4v) is 2.58. The van der Waals surface area contributed by atoms with Gasteiger partial charge in [-0.3, -0.25) is 0 Å². The first-order valence-electron chi connectivity index (χ1n) is 7.55. The van der Waals surface area contributed by atoms with Crippen LogP contribution in [0.15, 0.2) is 24.3 Å². The largest absolute Gasteiger partial charge is 0.388 e. The summed E-state index contributed by atoms with van der Waals surface area (Å²) in [4.78, 5) is 2.56. The molecule has 2 nitrogen and oxygen atoms in total. The average Bonchev–Trinajstić information content (AvgIpc) is 3.18. The van der Waals surface area contributed by atoms with Crippen molar-refractivity contribution in [1.82, 2.24) is 4.90 Å². The third-order valence-electron chi connectivity index (χ3n) is 3.81. The van der Waals surface area contributed by atoms with Gasteiger partial charge in [0.25, 0.3) is 0 Å². The number of nitrogens with zero attached hydrogens (tertiary/aromatic N) is 1. The quantitative estimate of drug-likeness (QED) is 0.811. The van der Waals surface area contributed by atoms with Crippen molar-refractivity contribution in [3.63, 3.8) is 0 Å². The van der Waals surface area contributed by atoms with Gasteiger partial charge in [0.05, 0.1) is 6.10 Å². The normalized spacial score (nSPS) is 17.2. The third-order valence-corrected chi connectivity index (χ3v) is 3.81. The standard InChI is InChI=1S/C17H27NO/c1-13(2)12-18(16-8-9-16)11-10-17(19)15-6-4-14(3)5-7-15/h4-7,13,16-17,19H,8-12H2,1-3H3. The molecular formula is C17H27NO. The van der Waals surface area contributed by atoms with Gasteiger partial charge < -0.3 is 10.0 Å². The summed E-state index contributed by atoms with van der Waals surface area (Å²) in [6, 6.07) is 9.03. The lowest BCUT2D eigenvalue weighted by Crippen LogP contribution is -2.31. The highest BCUT2D eigenvalue weighted by molar-refractivity contribution is 5.23. The third kappa shape index (κ3) is 4.63. The van der Waals surface area contributed by atoms with E-state index < -0.39 is 0 Å². The molecule has 1 aliphatic carbocycles. The minimum absolute atomic E-state index is 0.325. The highest BCUT2D eigenvalue weighted by Crippen LogP contribution is 2.29. The lowest BCUT2D eigenvalue weighted by molar-refractivity contribution is 0.134. The Hall–Kier alpha value is -0.860. The number of benzene rings is 1. The minimum atomic E-state index is -0.325. The van der Waals surface area contributed by atoms with Crippen LogP contribution in [0.25, 0.3) is 0 Å². The molecule has 2 rings (SSSR count). The van der Waals surface area contributed by atoms with Crippen LogP contribution in [0.5, 0.6) is 0 Å². The second-order valence-corrected chi connectivity index (χ2v) is 6.34. The molecule has 19 heavy (non-hydrogen) atoms. The second kappa shape index (κ2) is 6.53. The lowest BCUT2D eigenvalue weighted by atomic mass is 10.0. The molecule has 0 spiro atoms. The van der Waals surface area contributed by atoms with E-state index in [4.69, 9.17) is 0 Å². The summed E-state index contributed by atoms with van der Waals surface area (Å²) in [7, 11) is 0. The first-order valence-corrected chi connectivity index (χ1v) is 7.55. The Morgan fingerprint density at radius 1 is 1.21 bits per heavy atom. The van der Waals surface area contributed by atoms with Crippen LogP contribution in [0, 0.1) is 12.8 Å². The molecule has 0 amide bonds. The minimum Gasteiger partial charge on any atom is -0.388 e. The number of hydrogen-bond acceptors (Lipinski definition) is 2. The molecule has 1 fully saturated rings. The van der Waals surface area contributed by atoms with Crippen molar-refractivity contribution in [1.29, 1.82) is 0 Å². The van der Waals surface area contributed by atoms with Crippen LogP contribution < -0.4 is 0 Å². The molecule has 0 heterocycles. The summed E-state index contributed by atoms with van der Waals surface area (Å²) >= 11 is 0. The SMILES string of the molecule is Cc1ccc(C(O)CCN(CC(C)C)C2CC2)cc1. The van der Waals surface area contributed by atoms with E-state index in [0.29, 0.717) is 5.92 Å². The molecule has 1 saturated carbocycles. The van der Waals surface area contributed by atoms with E-state index in [1.807, 2.05) is 12.1 Å². The molecule has 0 aliphatic heterocycles. The van der Waals surface area contributed by atoms with Crippen molar-refractivity contribution in [3.05, 3.63) is 35.4 Å². The average molecular weight is 261 g/mol. The Labute approximate surface area is 117 Å². The summed E-state index contributed by atoms with van der Waals surface area (Å²) in [5.41, 5.74) is 2.29.